The van der Waals surface area contributed by atoms with Gasteiger partial charge in [-0.1, -0.05) is 0 Å². The molecule has 0 aromatic rings. The van der Waals surface area contributed by atoms with Crippen LogP contribution in [0, 0.1) is 35.0 Å². The Kier molecular flexibility index (Phi) is 8.22. The van der Waals surface area contributed by atoms with Crippen LogP contribution in [0.4, 0.5) is 0 Å². The lowest BCUT2D eigenvalue weighted by Crippen LogP contribution is -2.55. The first kappa shape index (κ1) is 27.9. The van der Waals surface area contributed by atoms with Gasteiger partial charge in [-0.2, -0.15) is 0 Å². The lowest BCUT2D eigenvalue weighted by Gasteiger charge is -2.52. The van der Waals surface area contributed by atoms with E-state index < -0.39 is 9.84 Å². The van der Waals surface area contributed by atoms with Gasteiger partial charge in [0, 0.05) is 56.0 Å². The summed E-state index contributed by atoms with van der Waals surface area (Å²) >= 11 is 0. The van der Waals surface area contributed by atoms with Gasteiger partial charge in [-0.3, -0.25) is 0 Å². The molecule has 3 N–H and O–H groups in total. The van der Waals surface area contributed by atoms with E-state index in [2.05, 4.69) is 22.6 Å². The molecule has 7 nitrogen and oxygen atoms in total. The first-order valence-corrected chi connectivity index (χ1v) is 17.8. The van der Waals surface area contributed by atoms with E-state index in [0.29, 0.717) is 18.5 Å². The molecular weight excluding hydrogens is 498 g/mol. The number of nitrogens with one attached hydrogen (secondary N) is 2. The zero-order chi connectivity index (χ0) is 26.5. The second kappa shape index (κ2) is 11.2. The molecule has 3 aliphatic heterocycles. The number of hydrogen-bond donors (Lipinski definition) is 3. The third kappa shape index (κ3) is 6.15. The highest BCUT2D eigenvalue weighted by Crippen LogP contribution is 2.52. The van der Waals surface area contributed by atoms with Crippen LogP contribution < -0.4 is 10.6 Å². The van der Waals surface area contributed by atoms with E-state index in [1.54, 1.807) is 0 Å². The topological polar surface area (TPSA) is 90.9 Å². The molecule has 38 heavy (non-hydrogen) atoms. The third-order valence-electron chi connectivity index (χ3n) is 11.7. The average Bonchev–Trinajstić information content (AvgIpc) is 3.81. The molecule has 8 unspecified atom stereocenters. The fourth-order valence-electron chi connectivity index (χ4n) is 8.96. The monoisotopic (exact) mass is 551 g/mol. The lowest BCUT2D eigenvalue weighted by atomic mass is 9.60. The van der Waals surface area contributed by atoms with Gasteiger partial charge < -0.3 is 25.4 Å². The summed E-state index contributed by atoms with van der Waals surface area (Å²) in [6.45, 7) is 3.40. The smallest absolute Gasteiger partial charge is 0.151 e. The van der Waals surface area contributed by atoms with Crippen LogP contribution in [0.3, 0.4) is 0 Å². The van der Waals surface area contributed by atoms with E-state index in [0.717, 1.165) is 81.1 Å². The molecule has 0 amide bonds. The lowest BCUT2D eigenvalue weighted by molar-refractivity contribution is -0.130. The van der Waals surface area contributed by atoms with Crippen molar-refractivity contribution in [2.45, 2.75) is 107 Å². The van der Waals surface area contributed by atoms with Gasteiger partial charge >= 0.3 is 0 Å². The summed E-state index contributed by atoms with van der Waals surface area (Å²) < 4.78 is 30.5. The van der Waals surface area contributed by atoms with Crippen molar-refractivity contribution in [3.8, 4) is 0 Å². The average molecular weight is 552 g/mol. The van der Waals surface area contributed by atoms with Crippen LogP contribution >= 0.6 is 0 Å². The molecule has 0 radical (unpaired) electrons. The van der Waals surface area contributed by atoms with E-state index in [1.807, 2.05) is 0 Å². The highest BCUT2D eigenvalue weighted by molar-refractivity contribution is 7.91. The molecule has 8 atom stereocenters. The fourth-order valence-corrected chi connectivity index (χ4v) is 10.0. The SMILES string of the molecule is CN1CC(S(C)(=O)=O)CCC1CNCC1(CO)CCC2C(C1)OCCC2C1CC(C2CC2)NC(C2CC2)C1. The van der Waals surface area contributed by atoms with E-state index in [1.165, 1.54) is 57.6 Å². The van der Waals surface area contributed by atoms with Gasteiger partial charge in [0.2, 0.25) is 0 Å². The number of hydrogen-bond acceptors (Lipinski definition) is 7. The first-order valence-electron chi connectivity index (χ1n) is 15.8. The van der Waals surface area contributed by atoms with Crippen LogP contribution in [-0.2, 0) is 14.6 Å². The van der Waals surface area contributed by atoms with Gasteiger partial charge in [0.05, 0.1) is 18.0 Å². The number of aliphatic hydroxyl groups excluding tert-OH is 1. The molecule has 6 rings (SSSR count). The van der Waals surface area contributed by atoms with E-state index >= 15 is 0 Å². The molecule has 218 valence electrons. The molecular formula is C30H53N3O4S. The number of likely N-dealkylation sites (N-methyl/N-ethyl adjacent to an activating group) is 1. The molecule has 8 heteroatoms. The third-order valence-corrected chi connectivity index (χ3v) is 13.3. The van der Waals surface area contributed by atoms with Crippen molar-refractivity contribution in [1.29, 1.82) is 0 Å². The van der Waals surface area contributed by atoms with Crippen LogP contribution in [0.15, 0.2) is 0 Å². The Bertz CT molecular complexity index is 904. The van der Waals surface area contributed by atoms with Crippen LogP contribution in [0.5, 0.6) is 0 Å². The zero-order valence-corrected chi connectivity index (χ0v) is 24.6. The molecule has 6 fully saturated rings. The maximum Gasteiger partial charge on any atom is 0.151 e. The quantitative estimate of drug-likeness (QED) is 0.406. The van der Waals surface area contributed by atoms with Crippen LogP contribution in [0.1, 0.15) is 77.0 Å². The largest absolute Gasteiger partial charge is 0.396 e. The Morgan fingerprint density at radius 2 is 1.68 bits per heavy atom. The van der Waals surface area contributed by atoms with Crippen molar-refractivity contribution in [1.82, 2.24) is 15.5 Å². The zero-order valence-electron chi connectivity index (χ0n) is 23.8. The number of rotatable bonds is 9. The van der Waals surface area contributed by atoms with Gasteiger partial charge in [-0.25, -0.2) is 8.42 Å². The second-order valence-electron chi connectivity index (χ2n) is 14.5. The Hall–Kier alpha value is -0.250. The van der Waals surface area contributed by atoms with E-state index in [4.69, 9.17) is 4.74 Å². The summed E-state index contributed by atoms with van der Waals surface area (Å²) in [4.78, 5) is 2.21. The molecule has 0 aromatic carbocycles. The second-order valence-corrected chi connectivity index (χ2v) is 16.8. The number of sulfone groups is 1. The Balaban J connectivity index is 1.03. The number of fused-ring (bicyclic) bond motifs is 1. The number of likely N-dealkylation sites (tertiary alicyclic amines) is 1. The van der Waals surface area contributed by atoms with Crippen molar-refractivity contribution in [3.63, 3.8) is 0 Å². The Morgan fingerprint density at radius 1 is 0.974 bits per heavy atom. The maximum absolute atomic E-state index is 12.0. The fraction of sp³-hybridized carbons (Fsp3) is 1.00. The van der Waals surface area contributed by atoms with Gasteiger partial charge in [-0.05, 0) is 114 Å². The van der Waals surface area contributed by atoms with Crippen LogP contribution in [0.2, 0.25) is 0 Å². The minimum Gasteiger partial charge on any atom is -0.396 e. The van der Waals surface area contributed by atoms with Crippen molar-refractivity contribution in [3.05, 3.63) is 0 Å². The summed E-state index contributed by atoms with van der Waals surface area (Å²) in [5.41, 5.74) is -0.104. The Morgan fingerprint density at radius 3 is 2.29 bits per heavy atom. The van der Waals surface area contributed by atoms with E-state index in [9.17, 15) is 13.5 Å². The van der Waals surface area contributed by atoms with E-state index in [-0.39, 0.29) is 23.4 Å². The highest BCUT2D eigenvalue weighted by atomic mass is 32.2. The molecule has 3 heterocycles. The van der Waals surface area contributed by atoms with Crippen LogP contribution in [-0.4, -0.2) is 94.1 Å². The van der Waals surface area contributed by atoms with Crippen LogP contribution in [0.25, 0.3) is 0 Å². The molecule has 3 aliphatic carbocycles. The van der Waals surface area contributed by atoms with Crippen molar-refractivity contribution < 1.29 is 18.3 Å². The molecule has 6 aliphatic rings. The minimum atomic E-state index is -2.98. The predicted octanol–water partition coefficient (Wildman–Crippen LogP) is 2.82. The standard InChI is InChI=1S/C30H53N3O4S/c1-33-17-24(38(2,35)36)8-7-23(33)16-31-18-30(19-34)11-9-26-25(10-12-37-29(26)15-30)22-13-27(20-3-4-20)32-28(14-22)21-5-6-21/h20-29,31-32,34H,3-19H2,1-2H3. The van der Waals surface area contributed by atoms with Gasteiger partial charge in [0.1, 0.15) is 0 Å². The molecule has 0 bridgehead atoms. The first-order chi connectivity index (χ1) is 18.2. The Labute approximate surface area is 231 Å². The van der Waals surface area contributed by atoms with Gasteiger partial charge in [-0.15, -0.1) is 0 Å². The minimum absolute atomic E-state index is 0.104. The normalized spacial score (nSPS) is 45.0. The molecule has 3 saturated heterocycles. The summed E-state index contributed by atoms with van der Waals surface area (Å²) in [5, 5.41) is 18.2. The molecule has 0 spiro atoms. The van der Waals surface area contributed by atoms with Crippen molar-refractivity contribution in [2.24, 2.45) is 35.0 Å². The summed E-state index contributed by atoms with van der Waals surface area (Å²) in [6.07, 6.45) is 16.3. The number of aliphatic hydroxyl groups is 1. The van der Waals surface area contributed by atoms with Gasteiger partial charge in [0.25, 0.3) is 0 Å². The number of ether oxygens (including phenoxy) is 1. The van der Waals surface area contributed by atoms with Crippen molar-refractivity contribution >= 4 is 9.84 Å². The maximum atomic E-state index is 12.0. The molecule has 0 aromatic heterocycles. The summed E-state index contributed by atoms with van der Waals surface area (Å²) in [6, 6.07) is 1.88. The highest BCUT2D eigenvalue weighted by Gasteiger charge is 2.50. The number of nitrogens with zero attached hydrogens (tertiary/aromatic N) is 1. The van der Waals surface area contributed by atoms with Crippen molar-refractivity contribution in [2.75, 3.05) is 46.2 Å². The molecule has 3 saturated carbocycles. The summed E-state index contributed by atoms with van der Waals surface area (Å²) in [7, 11) is -0.929. The number of piperidine rings is 2. The summed E-state index contributed by atoms with van der Waals surface area (Å²) in [5.74, 6) is 4.18. The predicted molar refractivity (Wildman–Crippen MR) is 151 cm³/mol. The van der Waals surface area contributed by atoms with Gasteiger partial charge in [0.15, 0.2) is 9.84 Å².